The molecule has 0 bridgehead atoms. The number of amides is 1. The fourth-order valence-corrected chi connectivity index (χ4v) is 4.11. The molecule has 0 spiro atoms. The zero-order valence-corrected chi connectivity index (χ0v) is 17.4. The number of carbonyl (C=O) groups excluding carboxylic acids is 1. The molecule has 6 heteroatoms. The van der Waals surface area contributed by atoms with Crippen LogP contribution in [-0.2, 0) is 4.79 Å². The number of piperidine rings is 1. The third-order valence-electron chi connectivity index (χ3n) is 6.04. The molecule has 1 amide bonds. The zero-order valence-electron chi connectivity index (χ0n) is 17.4. The summed E-state index contributed by atoms with van der Waals surface area (Å²) >= 11 is 0. The van der Waals surface area contributed by atoms with Crippen molar-refractivity contribution >= 4 is 23.1 Å². The fourth-order valence-electron chi connectivity index (χ4n) is 4.11. The van der Waals surface area contributed by atoms with Gasteiger partial charge in [0.15, 0.2) is 0 Å². The van der Waals surface area contributed by atoms with Crippen molar-refractivity contribution in [2.45, 2.75) is 31.6 Å². The van der Waals surface area contributed by atoms with Crippen molar-refractivity contribution in [1.29, 1.82) is 5.41 Å². The lowest BCUT2D eigenvalue weighted by atomic mass is 9.90. The fraction of sp³-hybridized carbons (Fsp3) is 0.417. The second kappa shape index (κ2) is 9.30. The van der Waals surface area contributed by atoms with Crippen LogP contribution in [0.2, 0.25) is 0 Å². The van der Waals surface area contributed by atoms with E-state index >= 15 is 0 Å². The van der Waals surface area contributed by atoms with Crippen molar-refractivity contribution < 1.29 is 4.79 Å². The van der Waals surface area contributed by atoms with Crippen LogP contribution in [0.5, 0.6) is 0 Å². The average molecular weight is 406 g/mol. The molecular weight excluding hydrogens is 374 g/mol. The van der Waals surface area contributed by atoms with Crippen LogP contribution in [-0.4, -0.2) is 37.9 Å². The van der Waals surface area contributed by atoms with Gasteiger partial charge in [-0.1, -0.05) is 24.3 Å². The molecule has 4 rings (SSSR count). The van der Waals surface area contributed by atoms with Gasteiger partial charge in [-0.2, -0.15) is 0 Å². The first-order valence-electron chi connectivity index (χ1n) is 10.9. The predicted octanol–water partition coefficient (Wildman–Crippen LogP) is 3.29. The number of benzene rings is 2. The van der Waals surface area contributed by atoms with Crippen LogP contribution in [0.4, 0.5) is 11.4 Å². The van der Waals surface area contributed by atoms with Crippen LogP contribution in [0.15, 0.2) is 48.5 Å². The lowest BCUT2D eigenvalue weighted by molar-refractivity contribution is -0.115. The number of nitrogen functional groups attached to an aromatic ring is 1. The minimum Gasteiger partial charge on any atom is -0.384 e. The van der Waals surface area contributed by atoms with Crippen molar-refractivity contribution in [1.82, 2.24) is 5.32 Å². The highest BCUT2D eigenvalue weighted by Gasteiger charge is 2.26. The molecule has 0 radical (unpaired) electrons. The summed E-state index contributed by atoms with van der Waals surface area (Å²) < 4.78 is 0. The van der Waals surface area contributed by atoms with E-state index in [0.717, 1.165) is 31.0 Å². The Hall–Kier alpha value is -2.86. The summed E-state index contributed by atoms with van der Waals surface area (Å²) in [6, 6.07) is 15.9. The van der Waals surface area contributed by atoms with Crippen LogP contribution in [0.3, 0.4) is 0 Å². The molecule has 1 aliphatic heterocycles. The summed E-state index contributed by atoms with van der Waals surface area (Å²) in [4.78, 5) is 14.9. The van der Waals surface area contributed by atoms with Gasteiger partial charge in [0.25, 0.3) is 0 Å². The standard InChI is InChI=1S/C24H31N5O/c25-24(26)20-2-1-3-22(14-20)29(15-17-4-5-17)16-23(30)28-21-8-6-18(7-9-21)19-10-12-27-13-11-19/h1-3,6-9,14,17,19,27H,4-5,10-13,15-16H2,(H3,25,26)(H,28,30). The Kier molecular flexibility index (Phi) is 6.33. The van der Waals surface area contributed by atoms with Gasteiger partial charge in [-0.05, 0) is 80.4 Å². The summed E-state index contributed by atoms with van der Waals surface area (Å²) in [5.41, 5.74) is 9.45. The van der Waals surface area contributed by atoms with E-state index in [2.05, 4.69) is 27.7 Å². The minimum absolute atomic E-state index is 0.0292. The van der Waals surface area contributed by atoms with Gasteiger partial charge in [0, 0.05) is 23.5 Å². The van der Waals surface area contributed by atoms with Gasteiger partial charge in [0.2, 0.25) is 5.91 Å². The van der Waals surface area contributed by atoms with E-state index in [4.69, 9.17) is 11.1 Å². The maximum atomic E-state index is 12.8. The molecule has 1 heterocycles. The highest BCUT2D eigenvalue weighted by molar-refractivity contribution is 5.97. The van der Waals surface area contributed by atoms with Crippen molar-refractivity contribution in [3.8, 4) is 0 Å². The summed E-state index contributed by atoms with van der Waals surface area (Å²) in [5, 5.41) is 14.1. The number of hydrogen-bond donors (Lipinski definition) is 4. The number of hydrogen-bond acceptors (Lipinski definition) is 4. The Bertz CT molecular complexity index is 885. The molecule has 2 aliphatic rings. The summed E-state index contributed by atoms with van der Waals surface area (Å²) in [7, 11) is 0. The Morgan fingerprint density at radius 1 is 1.10 bits per heavy atom. The molecule has 6 nitrogen and oxygen atoms in total. The molecule has 0 aromatic heterocycles. The molecule has 5 N–H and O–H groups in total. The van der Waals surface area contributed by atoms with Crippen molar-refractivity contribution in [3.63, 3.8) is 0 Å². The van der Waals surface area contributed by atoms with Gasteiger partial charge in [0.05, 0.1) is 6.54 Å². The second-order valence-electron chi connectivity index (χ2n) is 8.48. The van der Waals surface area contributed by atoms with Gasteiger partial charge >= 0.3 is 0 Å². The van der Waals surface area contributed by atoms with Crippen molar-refractivity contribution in [2.24, 2.45) is 11.7 Å². The first-order valence-corrected chi connectivity index (χ1v) is 10.9. The molecule has 0 atom stereocenters. The number of nitrogens with one attached hydrogen (secondary N) is 3. The van der Waals surface area contributed by atoms with E-state index in [0.29, 0.717) is 17.4 Å². The smallest absolute Gasteiger partial charge is 0.243 e. The average Bonchev–Trinajstić information content (AvgIpc) is 3.59. The maximum Gasteiger partial charge on any atom is 0.243 e. The zero-order chi connectivity index (χ0) is 20.9. The monoisotopic (exact) mass is 405 g/mol. The first-order chi connectivity index (χ1) is 14.6. The molecule has 2 aromatic rings. The van der Waals surface area contributed by atoms with Crippen molar-refractivity contribution in [3.05, 3.63) is 59.7 Å². The second-order valence-corrected chi connectivity index (χ2v) is 8.48. The Balaban J connectivity index is 1.40. The topological polar surface area (TPSA) is 94.2 Å². The predicted molar refractivity (Wildman–Crippen MR) is 122 cm³/mol. The molecule has 30 heavy (non-hydrogen) atoms. The van der Waals surface area contributed by atoms with Gasteiger partial charge in [-0.3, -0.25) is 10.2 Å². The Morgan fingerprint density at radius 2 is 1.83 bits per heavy atom. The molecule has 0 unspecified atom stereocenters. The lowest BCUT2D eigenvalue weighted by Gasteiger charge is -2.25. The van der Waals surface area contributed by atoms with Gasteiger partial charge in [-0.25, -0.2) is 0 Å². The molecule has 2 fully saturated rings. The Morgan fingerprint density at radius 3 is 2.50 bits per heavy atom. The molecule has 2 aromatic carbocycles. The summed E-state index contributed by atoms with van der Waals surface area (Å²) in [6.45, 7) is 3.28. The minimum atomic E-state index is -0.0292. The Labute approximate surface area is 178 Å². The molecule has 1 saturated carbocycles. The van der Waals surface area contributed by atoms with E-state index in [1.807, 2.05) is 36.4 Å². The summed E-state index contributed by atoms with van der Waals surface area (Å²) in [6.07, 6.45) is 4.76. The van der Waals surface area contributed by atoms with Crippen LogP contribution in [0, 0.1) is 11.3 Å². The summed E-state index contributed by atoms with van der Waals surface area (Å²) in [5.74, 6) is 1.27. The molecule has 1 aliphatic carbocycles. The highest BCUT2D eigenvalue weighted by Crippen LogP contribution is 2.32. The van der Waals surface area contributed by atoms with Gasteiger partial charge < -0.3 is 21.3 Å². The maximum absolute atomic E-state index is 12.8. The number of rotatable bonds is 8. The number of amidine groups is 1. The molecule has 158 valence electrons. The highest BCUT2D eigenvalue weighted by atomic mass is 16.2. The third-order valence-corrected chi connectivity index (χ3v) is 6.04. The molecule has 1 saturated heterocycles. The molecular formula is C24H31N5O. The number of anilines is 2. The van der Waals surface area contributed by atoms with E-state index < -0.39 is 0 Å². The van der Waals surface area contributed by atoms with Gasteiger partial charge in [-0.15, -0.1) is 0 Å². The van der Waals surface area contributed by atoms with E-state index in [1.54, 1.807) is 0 Å². The SMILES string of the molecule is N=C(N)c1cccc(N(CC(=O)Nc2ccc(C3CCNCC3)cc2)CC2CC2)c1. The van der Waals surface area contributed by atoms with E-state index in [9.17, 15) is 4.79 Å². The van der Waals surface area contributed by atoms with Crippen LogP contribution < -0.4 is 21.3 Å². The first kappa shape index (κ1) is 20.4. The van der Waals surface area contributed by atoms with Crippen LogP contribution >= 0.6 is 0 Å². The van der Waals surface area contributed by atoms with E-state index in [1.165, 1.54) is 31.2 Å². The van der Waals surface area contributed by atoms with Crippen LogP contribution in [0.1, 0.15) is 42.7 Å². The quantitative estimate of drug-likeness (QED) is 0.400. The number of nitrogens with zero attached hydrogens (tertiary/aromatic N) is 1. The van der Waals surface area contributed by atoms with Gasteiger partial charge in [0.1, 0.15) is 5.84 Å². The van der Waals surface area contributed by atoms with Crippen molar-refractivity contribution in [2.75, 3.05) is 36.4 Å². The van der Waals surface area contributed by atoms with E-state index in [-0.39, 0.29) is 18.3 Å². The normalized spacial score (nSPS) is 16.8. The third kappa shape index (κ3) is 5.39. The van der Waals surface area contributed by atoms with Crippen LogP contribution in [0.25, 0.3) is 0 Å². The number of carbonyl (C=O) groups is 1. The lowest BCUT2D eigenvalue weighted by Crippen LogP contribution is -2.35. The largest absolute Gasteiger partial charge is 0.384 e. The number of nitrogens with two attached hydrogens (primary N) is 1.